The SMILES string of the molecule is CC(C)COc1ccc(-c2ncoc2C(=O)O)cc1. The quantitative estimate of drug-likeness (QED) is 0.895. The van der Waals surface area contributed by atoms with Crippen LogP contribution in [0.25, 0.3) is 11.3 Å². The molecular formula is C14H15NO4. The molecule has 0 spiro atoms. The highest BCUT2D eigenvalue weighted by Crippen LogP contribution is 2.24. The molecule has 0 atom stereocenters. The number of aromatic nitrogens is 1. The average molecular weight is 261 g/mol. The zero-order valence-corrected chi connectivity index (χ0v) is 10.8. The number of ether oxygens (including phenoxy) is 1. The van der Waals surface area contributed by atoms with Crippen molar-refractivity contribution < 1.29 is 19.1 Å². The van der Waals surface area contributed by atoms with Gasteiger partial charge in [-0.25, -0.2) is 9.78 Å². The summed E-state index contributed by atoms with van der Waals surface area (Å²) in [6.07, 6.45) is 1.13. The number of oxazole rings is 1. The highest BCUT2D eigenvalue weighted by Gasteiger charge is 2.17. The van der Waals surface area contributed by atoms with E-state index in [1.165, 1.54) is 0 Å². The fourth-order valence-corrected chi connectivity index (χ4v) is 1.58. The van der Waals surface area contributed by atoms with Crippen LogP contribution in [0.4, 0.5) is 0 Å². The van der Waals surface area contributed by atoms with Crippen LogP contribution in [-0.4, -0.2) is 22.7 Å². The normalized spacial score (nSPS) is 10.7. The third kappa shape index (κ3) is 3.13. The molecule has 5 heteroatoms. The number of nitrogens with zero attached hydrogens (tertiary/aromatic N) is 1. The molecule has 0 unspecified atom stereocenters. The van der Waals surface area contributed by atoms with Gasteiger partial charge >= 0.3 is 5.97 Å². The monoisotopic (exact) mass is 261 g/mol. The van der Waals surface area contributed by atoms with Crippen LogP contribution in [0, 0.1) is 5.92 Å². The lowest BCUT2D eigenvalue weighted by atomic mass is 10.1. The summed E-state index contributed by atoms with van der Waals surface area (Å²) < 4.78 is 10.4. The molecule has 19 heavy (non-hydrogen) atoms. The van der Waals surface area contributed by atoms with Gasteiger partial charge in [0.05, 0.1) is 6.61 Å². The Morgan fingerprint density at radius 2 is 2.05 bits per heavy atom. The standard InChI is InChI=1S/C14H15NO4/c1-9(2)7-18-11-5-3-10(4-6-11)12-13(14(16)17)19-8-15-12/h3-6,8-9H,7H2,1-2H3,(H,16,17). The first-order valence-electron chi connectivity index (χ1n) is 5.98. The van der Waals surface area contributed by atoms with Crippen LogP contribution in [0.1, 0.15) is 24.4 Å². The predicted molar refractivity (Wildman–Crippen MR) is 69.2 cm³/mol. The predicted octanol–water partition coefficient (Wildman–Crippen LogP) is 3.07. The highest BCUT2D eigenvalue weighted by atomic mass is 16.5. The van der Waals surface area contributed by atoms with E-state index in [2.05, 4.69) is 18.8 Å². The minimum atomic E-state index is -1.13. The number of hydrogen-bond donors (Lipinski definition) is 1. The van der Waals surface area contributed by atoms with Gasteiger partial charge in [-0.2, -0.15) is 0 Å². The van der Waals surface area contributed by atoms with Crippen molar-refractivity contribution in [3.8, 4) is 17.0 Å². The van der Waals surface area contributed by atoms with Crippen LogP contribution in [0.2, 0.25) is 0 Å². The van der Waals surface area contributed by atoms with Gasteiger partial charge in [0.15, 0.2) is 6.39 Å². The fraction of sp³-hybridized carbons (Fsp3) is 0.286. The van der Waals surface area contributed by atoms with Crippen LogP contribution < -0.4 is 4.74 Å². The highest BCUT2D eigenvalue weighted by molar-refractivity contribution is 5.91. The van der Waals surface area contributed by atoms with E-state index in [4.69, 9.17) is 14.3 Å². The smallest absolute Gasteiger partial charge is 0.374 e. The first kappa shape index (κ1) is 13.1. The van der Waals surface area contributed by atoms with Gasteiger partial charge in [-0.05, 0) is 30.2 Å². The number of carbonyl (C=O) groups is 1. The molecule has 0 saturated carbocycles. The summed E-state index contributed by atoms with van der Waals surface area (Å²) in [5.41, 5.74) is 1.01. The minimum Gasteiger partial charge on any atom is -0.493 e. The van der Waals surface area contributed by atoms with E-state index in [9.17, 15) is 4.79 Å². The summed E-state index contributed by atoms with van der Waals surface area (Å²) in [5, 5.41) is 8.96. The molecule has 0 amide bonds. The van der Waals surface area contributed by atoms with Gasteiger partial charge < -0.3 is 14.3 Å². The zero-order valence-electron chi connectivity index (χ0n) is 10.8. The van der Waals surface area contributed by atoms with E-state index in [-0.39, 0.29) is 5.76 Å². The molecule has 0 saturated heterocycles. The number of hydrogen-bond acceptors (Lipinski definition) is 4. The summed E-state index contributed by atoms with van der Waals surface area (Å²) >= 11 is 0. The summed E-state index contributed by atoms with van der Waals surface area (Å²) in [7, 11) is 0. The Morgan fingerprint density at radius 1 is 1.37 bits per heavy atom. The van der Waals surface area contributed by atoms with Crippen molar-refractivity contribution in [1.82, 2.24) is 4.98 Å². The molecule has 1 N–H and O–H groups in total. The second kappa shape index (κ2) is 5.56. The topological polar surface area (TPSA) is 72.6 Å². The van der Waals surface area contributed by atoms with Crippen LogP contribution in [0.3, 0.4) is 0 Å². The van der Waals surface area contributed by atoms with Crippen molar-refractivity contribution in [2.75, 3.05) is 6.61 Å². The molecule has 0 bridgehead atoms. The van der Waals surface area contributed by atoms with Crippen molar-refractivity contribution in [3.63, 3.8) is 0 Å². The average Bonchev–Trinajstić information content (AvgIpc) is 2.86. The molecule has 0 aliphatic carbocycles. The van der Waals surface area contributed by atoms with E-state index in [0.29, 0.717) is 23.8 Å². The first-order chi connectivity index (χ1) is 9.08. The van der Waals surface area contributed by atoms with Crippen molar-refractivity contribution in [3.05, 3.63) is 36.4 Å². The van der Waals surface area contributed by atoms with Gasteiger partial charge in [-0.1, -0.05) is 13.8 Å². The Balaban J connectivity index is 2.18. The van der Waals surface area contributed by atoms with Gasteiger partial charge in [0.1, 0.15) is 11.4 Å². The Bertz CT molecular complexity index is 557. The van der Waals surface area contributed by atoms with E-state index in [1.54, 1.807) is 24.3 Å². The summed E-state index contributed by atoms with van der Waals surface area (Å²) in [6, 6.07) is 7.11. The number of rotatable bonds is 5. The van der Waals surface area contributed by atoms with Gasteiger partial charge in [0.25, 0.3) is 0 Å². The fourth-order valence-electron chi connectivity index (χ4n) is 1.58. The van der Waals surface area contributed by atoms with Gasteiger partial charge in [0.2, 0.25) is 5.76 Å². The van der Waals surface area contributed by atoms with Crippen molar-refractivity contribution in [1.29, 1.82) is 0 Å². The van der Waals surface area contributed by atoms with Crippen molar-refractivity contribution in [2.24, 2.45) is 5.92 Å². The maximum Gasteiger partial charge on any atom is 0.374 e. The van der Waals surface area contributed by atoms with E-state index < -0.39 is 5.97 Å². The van der Waals surface area contributed by atoms with Crippen molar-refractivity contribution in [2.45, 2.75) is 13.8 Å². The molecule has 0 aliphatic heterocycles. The number of aromatic carboxylic acids is 1. The Kier molecular flexibility index (Phi) is 3.85. The molecule has 0 radical (unpaired) electrons. The second-order valence-corrected chi connectivity index (χ2v) is 4.56. The Morgan fingerprint density at radius 3 is 2.63 bits per heavy atom. The molecule has 0 aliphatic rings. The van der Waals surface area contributed by atoms with Crippen LogP contribution in [-0.2, 0) is 0 Å². The molecule has 0 fully saturated rings. The zero-order chi connectivity index (χ0) is 13.8. The van der Waals surface area contributed by atoms with Crippen LogP contribution in [0.5, 0.6) is 5.75 Å². The molecule has 1 heterocycles. The Labute approximate surface area is 110 Å². The maximum absolute atomic E-state index is 10.9. The lowest BCUT2D eigenvalue weighted by Gasteiger charge is -2.08. The maximum atomic E-state index is 10.9. The third-order valence-corrected chi connectivity index (χ3v) is 2.47. The molecule has 1 aromatic heterocycles. The first-order valence-corrected chi connectivity index (χ1v) is 5.98. The minimum absolute atomic E-state index is 0.157. The van der Waals surface area contributed by atoms with Gasteiger partial charge in [0, 0.05) is 5.56 Å². The number of benzene rings is 1. The molecular weight excluding hydrogens is 246 g/mol. The van der Waals surface area contributed by atoms with Gasteiger partial charge in [-0.15, -0.1) is 0 Å². The summed E-state index contributed by atoms with van der Waals surface area (Å²) in [4.78, 5) is 14.9. The Hall–Kier alpha value is -2.30. The number of carboxylic acid groups (broad SMARTS) is 1. The molecule has 5 nitrogen and oxygen atoms in total. The molecule has 2 aromatic rings. The lowest BCUT2D eigenvalue weighted by molar-refractivity contribution is 0.0663. The van der Waals surface area contributed by atoms with E-state index >= 15 is 0 Å². The van der Waals surface area contributed by atoms with Gasteiger partial charge in [-0.3, -0.25) is 0 Å². The summed E-state index contributed by atoms with van der Waals surface area (Å²) in [5.74, 6) is -0.0878. The molecule has 2 rings (SSSR count). The van der Waals surface area contributed by atoms with Crippen LogP contribution in [0.15, 0.2) is 35.1 Å². The second-order valence-electron chi connectivity index (χ2n) is 4.56. The number of carboxylic acids is 1. The largest absolute Gasteiger partial charge is 0.493 e. The molecule has 100 valence electrons. The van der Waals surface area contributed by atoms with E-state index in [0.717, 1.165) is 12.1 Å². The van der Waals surface area contributed by atoms with Crippen LogP contribution >= 0.6 is 0 Å². The third-order valence-electron chi connectivity index (χ3n) is 2.47. The summed E-state index contributed by atoms with van der Waals surface area (Å²) in [6.45, 7) is 4.79. The molecule has 1 aromatic carbocycles. The van der Waals surface area contributed by atoms with E-state index in [1.807, 2.05) is 0 Å². The van der Waals surface area contributed by atoms with Crippen molar-refractivity contribution >= 4 is 5.97 Å². The lowest BCUT2D eigenvalue weighted by Crippen LogP contribution is -2.04.